The number of carbonyl (C=O) groups is 1. The highest BCUT2D eigenvalue weighted by Gasteiger charge is 2.52. The lowest BCUT2D eigenvalue weighted by atomic mass is 9.75. The molecule has 5 rings (SSSR count). The largest absolute Gasteiger partial charge is 0.497 e. The lowest BCUT2D eigenvalue weighted by Gasteiger charge is -2.38. The molecule has 8 atom stereocenters. The van der Waals surface area contributed by atoms with Crippen molar-refractivity contribution in [3.8, 4) is 17.2 Å². The summed E-state index contributed by atoms with van der Waals surface area (Å²) in [5.74, 6) is 3.40. The molecular weight excluding hydrogens is 575 g/mol. The minimum absolute atomic E-state index is 0.148. The Morgan fingerprint density at radius 2 is 1.97 bits per heavy atom. The highest BCUT2D eigenvalue weighted by molar-refractivity contribution is 14.1. The van der Waals surface area contributed by atoms with Crippen LogP contribution in [0.4, 0.5) is 0 Å². The Bertz CT molecular complexity index is 967. The third kappa shape index (κ3) is 5.19. The summed E-state index contributed by atoms with van der Waals surface area (Å²) in [5.41, 5.74) is 0.533. The van der Waals surface area contributed by atoms with Gasteiger partial charge >= 0.3 is 5.97 Å². The molecule has 7 nitrogen and oxygen atoms in total. The topological polar surface area (TPSA) is 72.5 Å². The summed E-state index contributed by atoms with van der Waals surface area (Å²) in [6.07, 6.45) is 4.92. The zero-order chi connectivity index (χ0) is 25.6. The Kier molecular flexibility index (Phi) is 7.67. The molecule has 3 fully saturated rings. The summed E-state index contributed by atoms with van der Waals surface area (Å²) in [4.78, 5) is 13.0. The second-order valence-corrected chi connectivity index (χ2v) is 13.1. The van der Waals surface area contributed by atoms with Crippen molar-refractivity contribution in [1.82, 2.24) is 0 Å². The molecule has 1 aromatic carbocycles. The molecule has 1 saturated carbocycles. The summed E-state index contributed by atoms with van der Waals surface area (Å²) in [6, 6.07) is 3.84. The van der Waals surface area contributed by atoms with Gasteiger partial charge in [0.25, 0.3) is 0 Å². The smallest absolute Gasteiger partial charge is 0.314 e. The fourth-order valence-electron chi connectivity index (χ4n) is 6.42. The number of carbonyl (C=O) groups excluding carboxylic acids is 1. The standard InChI is InChI=1S/C28H39IO7/c1-15(2)19-7-6-16(3)8-21(19)34-25-11-20(27(30)35-25)22-12-24(29)28(4,36-22)13-17-9-18(31-5)10-23-26(17)33-14-32-23/h9-10,15-16,19-22,24-25H,6-8,11-14H2,1-5H3/t16-,19+,20-,21-,22-,24+,25-,28+/m1/s1. The van der Waals surface area contributed by atoms with Crippen molar-refractivity contribution in [2.75, 3.05) is 13.9 Å². The molecule has 0 amide bonds. The Morgan fingerprint density at radius 3 is 2.72 bits per heavy atom. The van der Waals surface area contributed by atoms with E-state index in [4.69, 9.17) is 28.4 Å². The van der Waals surface area contributed by atoms with Crippen LogP contribution >= 0.6 is 22.6 Å². The van der Waals surface area contributed by atoms with Crippen molar-refractivity contribution in [3.05, 3.63) is 17.7 Å². The van der Waals surface area contributed by atoms with E-state index in [0.29, 0.717) is 36.3 Å². The molecule has 0 radical (unpaired) electrons. The maximum Gasteiger partial charge on any atom is 0.314 e. The van der Waals surface area contributed by atoms with Crippen LogP contribution < -0.4 is 14.2 Å². The number of esters is 1. The van der Waals surface area contributed by atoms with E-state index in [2.05, 4.69) is 50.3 Å². The molecule has 0 unspecified atom stereocenters. The van der Waals surface area contributed by atoms with Gasteiger partial charge in [0.1, 0.15) is 5.75 Å². The second-order valence-electron chi connectivity index (χ2n) is 11.6. The van der Waals surface area contributed by atoms with Gasteiger partial charge in [0.15, 0.2) is 11.5 Å². The van der Waals surface area contributed by atoms with Crippen LogP contribution in [0.15, 0.2) is 12.1 Å². The van der Waals surface area contributed by atoms with Crippen molar-refractivity contribution < 1.29 is 33.2 Å². The number of methoxy groups -OCH3 is 1. The number of rotatable bonds is 7. The highest BCUT2D eigenvalue weighted by Crippen LogP contribution is 2.47. The fourth-order valence-corrected chi connectivity index (χ4v) is 7.29. The Balaban J connectivity index is 1.25. The van der Waals surface area contributed by atoms with E-state index >= 15 is 0 Å². The van der Waals surface area contributed by atoms with Gasteiger partial charge in [-0.05, 0) is 50.0 Å². The summed E-state index contributed by atoms with van der Waals surface area (Å²) < 4.78 is 36.0. The first-order chi connectivity index (χ1) is 17.2. The minimum atomic E-state index is -0.477. The Hall–Kier alpha value is -1.26. The van der Waals surface area contributed by atoms with Crippen LogP contribution in [-0.2, 0) is 25.4 Å². The number of hydrogen-bond donors (Lipinski definition) is 0. The first-order valence-electron chi connectivity index (χ1n) is 13.3. The predicted octanol–water partition coefficient (Wildman–Crippen LogP) is 5.68. The third-order valence-corrected chi connectivity index (χ3v) is 10.4. The van der Waals surface area contributed by atoms with Crippen molar-refractivity contribution in [1.29, 1.82) is 0 Å². The minimum Gasteiger partial charge on any atom is -0.497 e. The number of cyclic esters (lactones) is 1. The van der Waals surface area contributed by atoms with Gasteiger partial charge in [0, 0.05) is 28.4 Å². The number of halogens is 1. The van der Waals surface area contributed by atoms with Crippen molar-refractivity contribution in [2.24, 2.45) is 23.7 Å². The molecule has 1 aliphatic carbocycles. The van der Waals surface area contributed by atoms with Gasteiger partial charge in [-0.25, -0.2) is 0 Å². The summed E-state index contributed by atoms with van der Waals surface area (Å²) >= 11 is 2.46. The van der Waals surface area contributed by atoms with E-state index in [9.17, 15) is 4.79 Å². The number of benzene rings is 1. The lowest BCUT2D eigenvalue weighted by molar-refractivity contribution is -0.186. The van der Waals surface area contributed by atoms with Crippen LogP contribution in [0.5, 0.6) is 17.2 Å². The number of hydrogen-bond acceptors (Lipinski definition) is 7. The molecule has 4 aliphatic rings. The summed E-state index contributed by atoms with van der Waals surface area (Å²) in [6.45, 7) is 9.15. The molecule has 0 bridgehead atoms. The summed E-state index contributed by atoms with van der Waals surface area (Å²) in [5, 5.41) is 0. The quantitative estimate of drug-likeness (QED) is 0.222. The van der Waals surface area contributed by atoms with Crippen LogP contribution in [0.3, 0.4) is 0 Å². The van der Waals surface area contributed by atoms with Gasteiger partial charge in [-0.2, -0.15) is 0 Å². The van der Waals surface area contributed by atoms with E-state index in [-0.39, 0.29) is 34.8 Å². The maximum atomic E-state index is 13.0. The maximum absolute atomic E-state index is 13.0. The van der Waals surface area contributed by atoms with Gasteiger partial charge in [-0.3, -0.25) is 4.79 Å². The zero-order valence-electron chi connectivity index (χ0n) is 22.0. The first-order valence-corrected chi connectivity index (χ1v) is 14.6. The van der Waals surface area contributed by atoms with Gasteiger partial charge in [-0.1, -0.05) is 49.8 Å². The van der Waals surface area contributed by atoms with Crippen LogP contribution in [0.25, 0.3) is 0 Å². The molecule has 3 aliphatic heterocycles. The van der Waals surface area contributed by atoms with Gasteiger partial charge in [0.05, 0.1) is 30.8 Å². The Labute approximate surface area is 228 Å². The van der Waals surface area contributed by atoms with Crippen LogP contribution in [0, 0.1) is 23.7 Å². The highest BCUT2D eigenvalue weighted by atomic mass is 127. The van der Waals surface area contributed by atoms with Crippen molar-refractivity contribution in [2.45, 2.75) is 94.2 Å². The van der Waals surface area contributed by atoms with E-state index in [1.165, 1.54) is 12.8 Å². The number of alkyl halides is 1. The summed E-state index contributed by atoms with van der Waals surface area (Å²) in [7, 11) is 1.65. The molecule has 3 heterocycles. The molecular formula is C28H39IO7. The third-order valence-electron chi connectivity index (χ3n) is 8.56. The van der Waals surface area contributed by atoms with Crippen molar-refractivity contribution >= 4 is 28.6 Å². The van der Waals surface area contributed by atoms with E-state index in [1.54, 1.807) is 7.11 Å². The lowest BCUT2D eigenvalue weighted by Crippen LogP contribution is -2.37. The van der Waals surface area contributed by atoms with Gasteiger partial charge in [0.2, 0.25) is 13.1 Å². The van der Waals surface area contributed by atoms with Crippen LogP contribution in [-0.4, -0.2) is 47.9 Å². The number of ether oxygens (including phenoxy) is 6. The van der Waals surface area contributed by atoms with Gasteiger partial charge < -0.3 is 28.4 Å². The normalized spacial score (nSPS) is 38.0. The fraction of sp³-hybridized carbons (Fsp3) is 0.750. The molecule has 2 saturated heterocycles. The average molecular weight is 615 g/mol. The number of fused-ring (bicyclic) bond motifs is 1. The van der Waals surface area contributed by atoms with E-state index < -0.39 is 11.9 Å². The molecule has 200 valence electrons. The molecule has 1 aromatic rings. The molecule has 36 heavy (non-hydrogen) atoms. The van der Waals surface area contributed by atoms with Gasteiger partial charge in [-0.15, -0.1) is 0 Å². The molecule has 0 aromatic heterocycles. The monoisotopic (exact) mass is 614 g/mol. The van der Waals surface area contributed by atoms with Crippen LogP contribution in [0.1, 0.15) is 65.4 Å². The predicted molar refractivity (Wildman–Crippen MR) is 143 cm³/mol. The molecule has 0 spiro atoms. The average Bonchev–Trinajstić information content (AvgIpc) is 3.51. The van der Waals surface area contributed by atoms with Crippen molar-refractivity contribution in [3.63, 3.8) is 0 Å². The van der Waals surface area contributed by atoms with E-state index in [0.717, 1.165) is 29.9 Å². The molecule has 8 heteroatoms. The Morgan fingerprint density at radius 1 is 1.17 bits per heavy atom. The van der Waals surface area contributed by atoms with Crippen LogP contribution in [0.2, 0.25) is 0 Å². The SMILES string of the molecule is COc1cc(C[C@]2(C)O[C@@H]([C@H]3C[C@H](O[C@@H]4C[C@H](C)CC[C@H]4C(C)C)OC3=O)C[C@@H]2I)c2c(c1)OCO2. The first kappa shape index (κ1) is 26.4. The second kappa shape index (κ2) is 10.5. The zero-order valence-corrected chi connectivity index (χ0v) is 24.1. The molecule has 0 N–H and O–H groups in total. The van der Waals surface area contributed by atoms with E-state index in [1.807, 2.05) is 12.1 Å².